The van der Waals surface area contributed by atoms with Crippen molar-refractivity contribution in [2.24, 2.45) is 11.8 Å². The van der Waals surface area contributed by atoms with Gasteiger partial charge in [-0.25, -0.2) is 9.97 Å². The van der Waals surface area contributed by atoms with E-state index in [1.165, 1.54) is 31.2 Å². The second kappa shape index (κ2) is 6.10. The molecule has 1 N–H and O–H groups in total. The van der Waals surface area contributed by atoms with Gasteiger partial charge in [-0.1, -0.05) is 26.7 Å². The molecule has 94 valence electrons. The molecule has 0 radical (unpaired) electrons. The summed E-state index contributed by atoms with van der Waals surface area (Å²) in [4.78, 5) is 8.30. The van der Waals surface area contributed by atoms with Gasteiger partial charge in [0, 0.05) is 24.0 Å². The van der Waals surface area contributed by atoms with Crippen molar-refractivity contribution in [2.75, 3.05) is 6.54 Å². The number of nitrogens with one attached hydrogen (secondary N) is 1. The van der Waals surface area contributed by atoms with Crippen molar-refractivity contribution in [3.8, 4) is 0 Å². The van der Waals surface area contributed by atoms with Gasteiger partial charge in [0.05, 0.1) is 0 Å². The van der Waals surface area contributed by atoms with Crippen LogP contribution >= 0.6 is 0 Å². The summed E-state index contributed by atoms with van der Waals surface area (Å²) in [6.07, 6.45) is 10.9. The highest BCUT2D eigenvalue weighted by molar-refractivity contribution is 5.11. The minimum Gasteiger partial charge on any atom is -0.310 e. The molecule has 1 aromatic heterocycles. The molecular weight excluding hydrogens is 210 g/mol. The van der Waals surface area contributed by atoms with Gasteiger partial charge in [-0.3, -0.25) is 0 Å². The van der Waals surface area contributed by atoms with Crippen LogP contribution in [0.2, 0.25) is 0 Å². The molecule has 0 aromatic carbocycles. The highest BCUT2D eigenvalue weighted by atomic mass is 14.9. The summed E-state index contributed by atoms with van der Waals surface area (Å²) >= 11 is 0. The predicted octanol–water partition coefficient (Wildman–Crippen LogP) is 2.95. The van der Waals surface area contributed by atoms with Crippen LogP contribution in [0.3, 0.4) is 0 Å². The maximum atomic E-state index is 4.15. The number of aromatic nitrogens is 2. The molecule has 1 heterocycles. The van der Waals surface area contributed by atoms with Crippen LogP contribution in [-0.4, -0.2) is 16.5 Å². The van der Waals surface area contributed by atoms with Crippen LogP contribution < -0.4 is 5.32 Å². The third-order valence-corrected chi connectivity index (χ3v) is 3.81. The standard InChI is InChI=1S/C14H23N3/c1-3-17-14(13-8-15-10-16-9-13)12-6-4-5-11(2)7-12/h8-12,14,17H,3-7H2,1-2H3. The first-order valence-corrected chi connectivity index (χ1v) is 6.79. The number of nitrogens with zero attached hydrogens (tertiary/aromatic N) is 2. The summed E-state index contributed by atoms with van der Waals surface area (Å²) in [6.45, 7) is 5.55. The molecular formula is C14H23N3. The van der Waals surface area contributed by atoms with Gasteiger partial charge in [0.15, 0.2) is 0 Å². The van der Waals surface area contributed by atoms with E-state index in [0.717, 1.165) is 18.4 Å². The smallest absolute Gasteiger partial charge is 0.115 e. The van der Waals surface area contributed by atoms with Gasteiger partial charge in [-0.15, -0.1) is 0 Å². The second-order valence-corrected chi connectivity index (χ2v) is 5.24. The van der Waals surface area contributed by atoms with E-state index in [1.807, 2.05) is 12.4 Å². The largest absolute Gasteiger partial charge is 0.310 e. The molecule has 1 aromatic rings. The molecule has 3 unspecified atom stereocenters. The van der Waals surface area contributed by atoms with Crippen LogP contribution in [0.4, 0.5) is 0 Å². The van der Waals surface area contributed by atoms with Gasteiger partial charge >= 0.3 is 0 Å². The van der Waals surface area contributed by atoms with E-state index < -0.39 is 0 Å². The Balaban J connectivity index is 2.11. The van der Waals surface area contributed by atoms with Gasteiger partial charge in [-0.2, -0.15) is 0 Å². The molecule has 1 saturated carbocycles. The van der Waals surface area contributed by atoms with E-state index >= 15 is 0 Å². The van der Waals surface area contributed by atoms with E-state index in [1.54, 1.807) is 6.33 Å². The molecule has 3 nitrogen and oxygen atoms in total. The minimum absolute atomic E-state index is 0.434. The molecule has 1 aliphatic carbocycles. The molecule has 0 saturated heterocycles. The summed E-state index contributed by atoms with van der Waals surface area (Å²) in [6, 6.07) is 0.434. The first-order valence-electron chi connectivity index (χ1n) is 6.79. The lowest BCUT2D eigenvalue weighted by Gasteiger charge is -2.33. The predicted molar refractivity (Wildman–Crippen MR) is 69.6 cm³/mol. The lowest BCUT2D eigenvalue weighted by atomic mass is 9.77. The van der Waals surface area contributed by atoms with Crippen molar-refractivity contribution in [1.29, 1.82) is 0 Å². The van der Waals surface area contributed by atoms with Crippen molar-refractivity contribution in [2.45, 2.75) is 45.6 Å². The molecule has 0 spiro atoms. The zero-order valence-corrected chi connectivity index (χ0v) is 10.9. The van der Waals surface area contributed by atoms with Crippen LogP contribution in [0.5, 0.6) is 0 Å². The lowest BCUT2D eigenvalue weighted by Crippen LogP contribution is -2.31. The summed E-state index contributed by atoms with van der Waals surface area (Å²) in [7, 11) is 0. The molecule has 3 heteroatoms. The van der Waals surface area contributed by atoms with Crippen molar-refractivity contribution >= 4 is 0 Å². The van der Waals surface area contributed by atoms with E-state index in [2.05, 4.69) is 29.1 Å². The Hall–Kier alpha value is -0.960. The molecule has 0 amide bonds. The Morgan fingerprint density at radius 2 is 2.12 bits per heavy atom. The average Bonchev–Trinajstić information content (AvgIpc) is 2.37. The van der Waals surface area contributed by atoms with Gasteiger partial charge < -0.3 is 5.32 Å². The molecule has 2 rings (SSSR count). The summed E-state index contributed by atoms with van der Waals surface area (Å²) in [5.41, 5.74) is 1.24. The third-order valence-electron chi connectivity index (χ3n) is 3.81. The number of hydrogen-bond donors (Lipinski definition) is 1. The molecule has 17 heavy (non-hydrogen) atoms. The fourth-order valence-corrected chi connectivity index (χ4v) is 3.03. The zero-order valence-electron chi connectivity index (χ0n) is 10.9. The van der Waals surface area contributed by atoms with E-state index in [0.29, 0.717) is 6.04 Å². The Kier molecular flexibility index (Phi) is 4.49. The van der Waals surface area contributed by atoms with Gasteiger partial charge in [-0.05, 0) is 31.2 Å². The Labute approximate surface area is 104 Å². The zero-order chi connectivity index (χ0) is 12.1. The maximum absolute atomic E-state index is 4.15. The monoisotopic (exact) mass is 233 g/mol. The van der Waals surface area contributed by atoms with Crippen LogP contribution in [0.1, 0.15) is 51.1 Å². The second-order valence-electron chi connectivity index (χ2n) is 5.24. The molecule has 3 atom stereocenters. The first-order chi connectivity index (χ1) is 8.31. The number of rotatable bonds is 4. The minimum atomic E-state index is 0.434. The normalized spacial score (nSPS) is 26.7. The summed E-state index contributed by atoms with van der Waals surface area (Å²) in [5.74, 6) is 1.60. The van der Waals surface area contributed by atoms with Gasteiger partial charge in [0.2, 0.25) is 0 Å². The maximum Gasteiger partial charge on any atom is 0.115 e. The third kappa shape index (κ3) is 3.25. The molecule has 0 bridgehead atoms. The number of hydrogen-bond acceptors (Lipinski definition) is 3. The fraction of sp³-hybridized carbons (Fsp3) is 0.714. The van der Waals surface area contributed by atoms with Crippen LogP contribution in [-0.2, 0) is 0 Å². The van der Waals surface area contributed by atoms with Crippen molar-refractivity contribution in [3.05, 3.63) is 24.3 Å². The lowest BCUT2D eigenvalue weighted by molar-refractivity contribution is 0.225. The van der Waals surface area contributed by atoms with Gasteiger partial charge in [0.25, 0.3) is 0 Å². The fourth-order valence-electron chi connectivity index (χ4n) is 3.03. The van der Waals surface area contributed by atoms with Crippen LogP contribution in [0.25, 0.3) is 0 Å². The van der Waals surface area contributed by atoms with Crippen molar-refractivity contribution in [1.82, 2.24) is 15.3 Å². The Morgan fingerprint density at radius 3 is 2.76 bits per heavy atom. The Morgan fingerprint density at radius 1 is 1.35 bits per heavy atom. The van der Waals surface area contributed by atoms with E-state index in [4.69, 9.17) is 0 Å². The van der Waals surface area contributed by atoms with Crippen molar-refractivity contribution < 1.29 is 0 Å². The van der Waals surface area contributed by atoms with Crippen LogP contribution in [0.15, 0.2) is 18.7 Å². The van der Waals surface area contributed by atoms with Crippen LogP contribution in [0, 0.1) is 11.8 Å². The van der Waals surface area contributed by atoms with E-state index in [-0.39, 0.29) is 0 Å². The summed E-state index contributed by atoms with van der Waals surface area (Å²) < 4.78 is 0. The first kappa shape index (κ1) is 12.5. The van der Waals surface area contributed by atoms with Gasteiger partial charge in [0.1, 0.15) is 6.33 Å². The average molecular weight is 233 g/mol. The molecule has 1 aliphatic rings. The molecule has 1 fully saturated rings. The highest BCUT2D eigenvalue weighted by Crippen LogP contribution is 2.36. The quantitative estimate of drug-likeness (QED) is 0.869. The topological polar surface area (TPSA) is 37.8 Å². The molecule has 0 aliphatic heterocycles. The SMILES string of the molecule is CCNC(c1cncnc1)C1CCCC(C)C1. The van der Waals surface area contributed by atoms with Crippen molar-refractivity contribution in [3.63, 3.8) is 0 Å². The summed E-state index contributed by atoms with van der Waals surface area (Å²) in [5, 5.41) is 3.61. The highest BCUT2D eigenvalue weighted by Gasteiger charge is 2.27. The Bertz CT molecular complexity index is 325. The van der Waals surface area contributed by atoms with E-state index in [9.17, 15) is 0 Å².